The quantitative estimate of drug-likeness (QED) is 0.734. The molecular formula is C22H28FN3O2. The summed E-state index contributed by atoms with van der Waals surface area (Å²) in [7, 11) is 1.74. The summed E-state index contributed by atoms with van der Waals surface area (Å²) in [6.45, 7) is 6.23. The number of likely N-dealkylation sites (N-methyl/N-ethyl adjacent to an activating group) is 1. The lowest BCUT2D eigenvalue weighted by atomic mass is 10.1. The molecule has 0 spiro atoms. The first kappa shape index (κ1) is 21.6. The van der Waals surface area contributed by atoms with Crippen LogP contribution in [0, 0.1) is 19.7 Å². The number of hydrogen-bond acceptors (Lipinski definition) is 3. The third-order valence-corrected chi connectivity index (χ3v) is 4.81. The number of amides is 2. The molecule has 0 unspecified atom stereocenters. The minimum absolute atomic E-state index is 0.111. The van der Waals surface area contributed by atoms with E-state index in [1.165, 1.54) is 12.1 Å². The van der Waals surface area contributed by atoms with Crippen molar-refractivity contribution in [2.75, 3.05) is 25.5 Å². The number of para-hydroxylation sites is 1. The molecule has 2 aromatic carbocycles. The standard InChI is InChI=1S/C22H28FN3O2/c1-15-6-5-7-16(2)21(15)25-20(27)14-26(4)17(3)22(28)24-13-12-18-8-10-19(23)11-9-18/h5-11,17H,12-14H2,1-4H3,(H,24,28)(H,25,27)/t17-/m0/s1. The largest absolute Gasteiger partial charge is 0.354 e. The second-order valence-electron chi connectivity index (χ2n) is 7.07. The molecule has 1 atom stereocenters. The summed E-state index contributed by atoms with van der Waals surface area (Å²) in [6.07, 6.45) is 0.621. The van der Waals surface area contributed by atoms with Crippen molar-refractivity contribution in [3.63, 3.8) is 0 Å². The monoisotopic (exact) mass is 385 g/mol. The molecule has 5 nitrogen and oxygen atoms in total. The predicted octanol–water partition coefficient (Wildman–Crippen LogP) is 3.06. The van der Waals surface area contributed by atoms with E-state index < -0.39 is 6.04 Å². The average molecular weight is 385 g/mol. The Morgan fingerprint density at radius 3 is 2.29 bits per heavy atom. The van der Waals surface area contributed by atoms with Gasteiger partial charge in [0, 0.05) is 12.2 Å². The van der Waals surface area contributed by atoms with E-state index in [1.807, 2.05) is 32.0 Å². The Balaban J connectivity index is 1.80. The lowest BCUT2D eigenvalue weighted by Gasteiger charge is -2.23. The van der Waals surface area contributed by atoms with E-state index in [9.17, 15) is 14.0 Å². The molecule has 0 aromatic heterocycles. The number of carbonyl (C=O) groups is 2. The normalized spacial score (nSPS) is 11.9. The van der Waals surface area contributed by atoms with Gasteiger partial charge in [-0.15, -0.1) is 0 Å². The van der Waals surface area contributed by atoms with Gasteiger partial charge in [-0.3, -0.25) is 14.5 Å². The van der Waals surface area contributed by atoms with E-state index in [1.54, 1.807) is 31.0 Å². The number of nitrogens with zero attached hydrogens (tertiary/aromatic N) is 1. The molecule has 0 bridgehead atoms. The number of rotatable bonds is 8. The average Bonchev–Trinajstić information content (AvgIpc) is 2.65. The Kier molecular flexibility index (Phi) is 7.70. The highest BCUT2D eigenvalue weighted by Crippen LogP contribution is 2.19. The van der Waals surface area contributed by atoms with Crippen molar-refractivity contribution >= 4 is 17.5 Å². The van der Waals surface area contributed by atoms with Crippen LogP contribution in [0.3, 0.4) is 0 Å². The van der Waals surface area contributed by atoms with Crippen LogP contribution in [0.25, 0.3) is 0 Å². The molecule has 2 rings (SSSR count). The highest BCUT2D eigenvalue weighted by molar-refractivity contribution is 5.94. The molecule has 2 amide bonds. The minimum Gasteiger partial charge on any atom is -0.354 e. The third kappa shape index (κ3) is 6.16. The zero-order chi connectivity index (χ0) is 20.7. The second-order valence-corrected chi connectivity index (χ2v) is 7.07. The molecule has 0 saturated carbocycles. The first-order valence-corrected chi connectivity index (χ1v) is 9.36. The summed E-state index contributed by atoms with van der Waals surface area (Å²) in [4.78, 5) is 26.4. The van der Waals surface area contributed by atoms with Crippen LogP contribution in [0.15, 0.2) is 42.5 Å². The van der Waals surface area contributed by atoms with Crippen molar-refractivity contribution in [1.82, 2.24) is 10.2 Å². The smallest absolute Gasteiger partial charge is 0.238 e. The Labute approximate surface area is 165 Å². The molecule has 0 aliphatic carbocycles. The zero-order valence-electron chi connectivity index (χ0n) is 16.9. The van der Waals surface area contributed by atoms with Gasteiger partial charge in [0.1, 0.15) is 5.82 Å². The van der Waals surface area contributed by atoms with Crippen LogP contribution in [0.5, 0.6) is 0 Å². The number of halogens is 1. The molecule has 6 heteroatoms. The third-order valence-electron chi connectivity index (χ3n) is 4.81. The van der Waals surface area contributed by atoms with Crippen molar-refractivity contribution < 1.29 is 14.0 Å². The number of aryl methyl sites for hydroxylation is 2. The molecule has 28 heavy (non-hydrogen) atoms. The SMILES string of the molecule is Cc1cccc(C)c1NC(=O)CN(C)[C@@H](C)C(=O)NCCc1ccc(F)cc1. The number of carbonyl (C=O) groups excluding carboxylic acids is 2. The van der Waals surface area contributed by atoms with Crippen LogP contribution >= 0.6 is 0 Å². The minimum atomic E-state index is -0.447. The highest BCUT2D eigenvalue weighted by atomic mass is 19.1. The Hall–Kier alpha value is -2.73. The highest BCUT2D eigenvalue weighted by Gasteiger charge is 2.20. The fraction of sp³-hybridized carbons (Fsp3) is 0.364. The van der Waals surface area contributed by atoms with E-state index >= 15 is 0 Å². The zero-order valence-corrected chi connectivity index (χ0v) is 16.9. The molecule has 0 aliphatic heterocycles. The molecule has 0 aliphatic rings. The van der Waals surface area contributed by atoms with Crippen LogP contribution in [0.2, 0.25) is 0 Å². The van der Waals surface area contributed by atoms with Crippen LogP contribution in [0.1, 0.15) is 23.6 Å². The summed E-state index contributed by atoms with van der Waals surface area (Å²) in [6, 6.07) is 11.6. The fourth-order valence-electron chi connectivity index (χ4n) is 2.88. The van der Waals surface area contributed by atoms with Gasteiger partial charge in [-0.1, -0.05) is 30.3 Å². The number of nitrogens with one attached hydrogen (secondary N) is 2. The molecular weight excluding hydrogens is 357 g/mol. The van der Waals surface area contributed by atoms with Crippen molar-refractivity contribution in [3.05, 3.63) is 65.0 Å². The van der Waals surface area contributed by atoms with Gasteiger partial charge >= 0.3 is 0 Å². The molecule has 2 N–H and O–H groups in total. The van der Waals surface area contributed by atoms with E-state index in [2.05, 4.69) is 10.6 Å². The maximum absolute atomic E-state index is 12.9. The van der Waals surface area contributed by atoms with E-state index in [0.29, 0.717) is 13.0 Å². The first-order chi connectivity index (χ1) is 13.3. The van der Waals surface area contributed by atoms with Crippen LogP contribution in [-0.4, -0.2) is 42.9 Å². The van der Waals surface area contributed by atoms with Crippen molar-refractivity contribution in [3.8, 4) is 0 Å². The molecule has 0 heterocycles. The van der Waals surface area contributed by atoms with E-state index in [0.717, 1.165) is 22.4 Å². The molecule has 0 radical (unpaired) electrons. The van der Waals surface area contributed by atoms with Crippen molar-refractivity contribution in [2.24, 2.45) is 0 Å². The lowest BCUT2D eigenvalue weighted by molar-refractivity contribution is -0.126. The van der Waals surface area contributed by atoms with Gasteiger partial charge < -0.3 is 10.6 Å². The van der Waals surface area contributed by atoms with Crippen molar-refractivity contribution in [2.45, 2.75) is 33.2 Å². The Morgan fingerprint density at radius 2 is 1.68 bits per heavy atom. The molecule has 2 aromatic rings. The van der Waals surface area contributed by atoms with E-state index in [4.69, 9.17) is 0 Å². The molecule has 150 valence electrons. The Morgan fingerprint density at radius 1 is 1.07 bits per heavy atom. The molecule has 0 fully saturated rings. The summed E-state index contributed by atoms with van der Waals surface area (Å²) < 4.78 is 12.9. The van der Waals surface area contributed by atoms with Crippen molar-refractivity contribution in [1.29, 1.82) is 0 Å². The van der Waals surface area contributed by atoms with Gasteiger partial charge in [-0.2, -0.15) is 0 Å². The van der Waals surface area contributed by atoms with Gasteiger partial charge in [-0.25, -0.2) is 4.39 Å². The van der Waals surface area contributed by atoms with E-state index in [-0.39, 0.29) is 24.2 Å². The number of anilines is 1. The topological polar surface area (TPSA) is 61.4 Å². The summed E-state index contributed by atoms with van der Waals surface area (Å²) in [5, 5.41) is 5.79. The van der Waals surface area contributed by atoms with Gasteiger partial charge in [0.2, 0.25) is 11.8 Å². The first-order valence-electron chi connectivity index (χ1n) is 9.36. The number of hydrogen-bond donors (Lipinski definition) is 2. The number of benzene rings is 2. The summed E-state index contributed by atoms with van der Waals surface area (Å²) in [5.41, 5.74) is 3.78. The maximum Gasteiger partial charge on any atom is 0.238 e. The predicted molar refractivity (Wildman–Crippen MR) is 110 cm³/mol. The fourth-order valence-corrected chi connectivity index (χ4v) is 2.88. The van der Waals surface area contributed by atoms with Crippen LogP contribution in [0.4, 0.5) is 10.1 Å². The second kappa shape index (κ2) is 9.99. The van der Waals surface area contributed by atoms with Gasteiger partial charge in [0.25, 0.3) is 0 Å². The Bertz CT molecular complexity index is 801. The lowest BCUT2D eigenvalue weighted by Crippen LogP contribution is -2.46. The summed E-state index contributed by atoms with van der Waals surface area (Å²) in [5.74, 6) is -0.586. The van der Waals surface area contributed by atoms with Gasteiger partial charge in [-0.05, 0) is 63.1 Å². The summed E-state index contributed by atoms with van der Waals surface area (Å²) >= 11 is 0. The van der Waals surface area contributed by atoms with Crippen LogP contribution < -0.4 is 10.6 Å². The van der Waals surface area contributed by atoms with Gasteiger partial charge in [0.05, 0.1) is 12.6 Å². The van der Waals surface area contributed by atoms with Crippen LogP contribution in [-0.2, 0) is 16.0 Å². The van der Waals surface area contributed by atoms with Gasteiger partial charge in [0.15, 0.2) is 0 Å². The maximum atomic E-state index is 12.9. The molecule has 0 saturated heterocycles.